The van der Waals surface area contributed by atoms with Gasteiger partial charge in [0.1, 0.15) is 51.2 Å². The van der Waals surface area contributed by atoms with Crippen LogP contribution in [0.1, 0.15) is 12.5 Å². The van der Waals surface area contributed by atoms with E-state index in [9.17, 15) is 5.11 Å². The quantitative estimate of drug-likeness (QED) is 0.587. The van der Waals surface area contributed by atoms with E-state index in [-0.39, 0.29) is 6.10 Å². The second kappa shape index (κ2) is 7.62. The number of quaternary nitrogens is 2. The minimum Gasteiger partial charge on any atom is -0.491 e. The van der Waals surface area contributed by atoms with Crippen molar-refractivity contribution >= 4 is 0 Å². The lowest BCUT2D eigenvalue weighted by molar-refractivity contribution is -1.00. The SMILES string of the molecule is CCc1ccc(OC[C@H](O)C[NH+]2CC[NH+](C)CC2)cc1. The number of aliphatic hydroxyl groups is 1. The van der Waals surface area contributed by atoms with Crippen LogP contribution in [0.25, 0.3) is 0 Å². The van der Waals surface area contributed by atoms with E-state index < -0.39 is 0 Å². The second-order valence-corrected chi connectivity index (χ2v) is 5.87. The van der Waals surface area contributed by atoms with E-state index in [0.29, 0.717) is 6.61 Å². The molecule has 0 bridgehead atoms. The molecule has 0 unspecified atom stereocenters. The maximum atomic E-state index is 10.1. The van der Waals surface area contributed by atoms with Crippen LogP contribution < -0.4 is 14.5 Å². The smallest absolute Gasteiger partial charge is 0.137 e. The van der Waals surface area contributed by atoms with Crippen LogP contribution in [0.5, 0.6) is 5.75 Å². The van der Waals surface area contributed by atoms with Gasteiger partial charge in [0.15, 0.2) is 0 Å². The topological polar surface area (TPSA) is 38.3 Å². The summed E-state index contributed by atoms with van der Waals surface area (Å²) in [6, 6.07) is 8.13. The average Bonchev–Trinajstić information content (AvgIpc) is 2.48. The summed E-state index contributed by atoms with van der Waals surface area (Å²) < 4.78 is 5.66. The highest BCUT2D eigenvalue weighted by molar-refractivity contribution is 5.27. The zero-order valence-corrected chi connectivity index (χ0v) is 12.7. The summed E-state index contributed by atoms with van der Waals surface area (Å²) in [5.74, 6) is 0.846. The molecule has 20 heavy (non-hydrogen) atoms. The maximum absolute atomic E-state index is 10.1. The first-order valence-corrected chi connectivity index (χ1v) is 7.72. The lowest BCUT2D eigenvalue weighted by Gasteiger charge is -2.28. The third-order valence-corrected chi connectivity index (χ3v) is 4.11. The van der Waals surface area contributed by atoms with Crippen LogP contribution in [0.15, 0.2) is 24.3 Å². The average molecular weight is 280 g/mol. The molecule has 3 N–H and O–H groups in total. The molecule has 0 spiro atoms. The van der Waals surface area contributed by atoms with Gasteiger partial charge in [0.2, 0.25) is 0 Å². The minimum absolute atomic E-state index is 0.380. The Bertz CT molecular complexity index is 386. The first-order chi connectivity index (χ1) is 9.67. The lowest BCUT2D eigenvalue weighted by atomic mass is 10.2. The van der Waals surface area contributed by atoms with Gasteiger partial charge in [-0.2, -0.15) is 0 Å². The number of hydrogen-bond donors (Lipinski definition) is 3. The van der Waals surface area contributed by atoms with Gasteiger partial charge in [-0.3, -0.25) is 0 Å². The van der Waals surface area contributed by atoms with E-state index in [4.69, 9.17) is 4.74 Å². The second-order valence-electron chi connectivity index (χ2n) is 5.87. The van der Waals surface area contributed by atoms with E-state index in [1.165, 1.54) is 23.6 Å². The van der Waals surface area contributed by atoms with Gasteiger partial charge < -0.3 is 19.6 Å². The Morgan fingerprint density at radius 2 is 1.80 bits per heavy atom. The highest BCUT2D eigenvalue weighted by atomic mass is 16.5. The summed E-state index contributed by atoms with van der Waals surface area (Å²) in [5, 5.41) is 10.1. The van der Waals surface area contributed by atoms with Crippen LogP contribution in [0.4, 0.5) is 0 Å². The minimum atomic E-state index is -0.380. The number of aliphatic hydroxyl groups excluding tert-OH is 1. The number of hydrogen-bond acceptors (Lipinski definition) is 2. The van der Waals surface area contributed by atoms with E-state index in [2.05, 4.69) is 26.1 Å². The Morgan fingerprint density at radius 1 is 1.15 bits per heavy atom. The van der Waals surface area contributed by atoms with Gasteiger partial charge in [-0.15, -0.1) is 0 Å². The molecule has 0 saturated carbocycles. The van der Waals surface area contributed by atoms with Crippen LogP contribution >= 0.6 is 0 Å². The molecule has 1 fully saturated rings. The number of likely N-dealkylation sites (N-methyl/N-ethyl adjacent to an activating group) is 1. The zero-order chi connectivity index (χ0) is 14.4. The zero-order valence-electron chi connectivity index (χ0n) is 12.7. The van der Waals surface area contributed by atoms with E-state index in [0.717, 1.165) is 31.8 Å². The molecule has 4 heteroatoms. The number of benzene rings is 1. The monoisotopic (exact) mass is 280 g/mol. The van der Waals surface area contributed by atoms with Crippen molar-refractivity contribution in [3.05, 3.63) is 29.8 Å². The Labute approximate surface area is 122 Å². The van der Waals surface area contributed by atoms with Crippen LogP contribution in [0.2, 0.25) is 0 Å². The number of piperazine rings is 1. The molecular formula is C16H28N2O2+2. The van der Waals surface area contributed by atoms with Gasteiger partial charge in [-0.25, -0.2) is 0 Å². The van der Waals surface area contributed by atoms with E-state index in [1.54, 1.807) is 4.90 Å². The van der Waals surface area contributed by atoms with Gasteiger partial charge in [0.05, 0.1) is 7.05 Å². The van der Waals surface area contributed by atoms with Crippen molar-refractivity contribution in [2.45, 2.75) is 19.4 Å². The Hall–Kier alpha value is -1.10. The summed E-state index contributed by atoms with van der Waals surface area (Å²) >= 11 is 0. The predicted octanol–water partition coefficient (Wildman–Crippen LogP) is -1.60. The number of aryl methyl sites for hydroxylation is 1. The van der Waals surface area contributed by atoms with Crippen LogP contribution in [0.3, 0.4) is 0 Å². The number of rotatable bonds is 6. The van der Waals surface area contributed by atoms with Crippen molar-refractivity contribution in [3.63, 3.8) is 0 Å². The van der Waals surface area contributed by atoms with Crippen molar-refractivity contribution in [3.8, 4) is 5.75 Å². The molecule has 0 amide bonds. The van der Waals surface area contributed by atoms with Gasteiger partial charge in [0.25, 0.3) is 0 Å². The van der Waals surface area contributed by atoms with Crippen molar-refractivity contribution < 1.29 is 19.6 Å². The summed E-state index contributed by atoms with van der Waals surface area (Å²) in [6.07, 6.45) is 0.659. The first kappa shape index (κ1) is 15.3. The predicted molar refractivity (Wildman–Crippen MR) is 79.5 cm³/mol. The molecule has 1 aliphatic heterocycles. The molecule has 1 aliphatic rings. The fourth-order valence-electron chi connectivity index (χ4n) is 2.64. The van der Waals surface area contributed by atoms with E-state index >= 15 is 0 Å². The summed E-state index contributed by atoms with van der Waals surface area (Å²) in [7, 11) is 2.23. The van der Waals surface area contributed by atoms with Gasteiger partial charge in [-0.1, -0.05) is 19.1 Å². The Kier molecular flexibility index (Phi) is 5.83. The molecule has 1 atom stereocenters. The highest BCUT2D eigenvalue weighted by Crippen LogP contribution is 2.12. The lowest BCUT2D eigenvalue weighted by Crippen LogP contribution is -3.27. The molecule has 1 heterocycles. The fraction of sp³-hybridized carbons (Fsp3) is 0.625. The summed E-state index contributed by atoms with van der Waals surface area (Å²) in [4.78, 5) is 3.09. The number of ether oxygens (including phenoxy) is 1. The number of nitrogens with one attached hydrogen (secondary N) is 2. The molecule has 4 nitrogen and oxygen atoms in total. The third-order valence-electron chi connectivity index (χ3n) is 4.11. The van der Waals surface area contributed by atoms with Crippen molar-refractivity contribution in [2.75, 3.05) is 46.4 Å². The largest absolute Gasteiger partial charge is 0.491 e. The van der Waals surface area contributed by atoms with Crippen molar-refractivity contribution in [1.82, 2.24) is 0 Å². The molecule has 0 aliphatic carbocycles. The van der Waals surface area contributed by atoms with Crippen LogP contribution in [0, 0.1) is 0 Å². The van der Waals surface area contributed by atoms with Gasteiger partial charge in [0, 0.05) is 0 Å². The first-order valence-electron chi connectivity index (χ1n) is 7.72. The Balaban J connectivity index is 1.70. The molecule has 1 saturated heterocycles. The van der Waals surface area contributed by atoms with Crippen LogP contribution in [-0.2, 0) is 6.42 Å². The highest BCUT2D eigenvalue weighted by Gasteiger charge is 2.22. The van der Waals surface area contributed by atoms with Crippen LogP contribution in [-0.4, -0.2) is 57.6 Å². The summed E-state index contributed by atoms with van der Waals surface area (Å²) in [5.41, 5.74) is 1.31. The molecule has 0 radical (unpaired) electrons. The molecule has 1 aromatic carbocycles. The maximum Gasteiger partial charge on any atom is 0.137 e. The standard InChI is InChI=1S/C16H26N2O2/c1-3-14-4-6-16(7-5-14)20-13-15(19)12-18-10-8-17(2)9-11-18/h4-7,15,19H,3,8-13H2,1-2H3/p+2/t15-/m1/s1. The Morgan fingerprint density at radius 3 is 2.40 bits per heavy atom. The molecule has 2 rings (SSSR count). The molecule has 112 valence electrons. The molecule has 0 aromatic heterocycles. The fourth-order valence-corrected chi connectivity index (χ4v) is 2.64. The summed E-state index contributed by atoms with van der Waals surface area (Å²) in [6.45, 7) is 8.00. The van der Waals surface area contributed by atoms with E-state index in [1.807, 2.05) is 12.1 Å². The van der Waals surface area contributed by atoms with Gasteiger partial charge in [-0.05, 0) is 24.1 Å². The normalized spacial score (nSPS) is 24.4. The third kappa shape index (κ3) is 4.78. The molecule has 1 aromatic rings. The molecular weight excluding hydrogens is 252 g/mol. The van der Waals surface area contributed by atoms with Crippen molar-refractivity contribution in [1.29, 1.82) is 0 Å². The van der Waals surface area contributed by atoms with Crippen molar-refractivity contribution in [2.24, 2.45) is 0 Å². The van der Waals surface area contributed by atoms with Gasteiger partial charge >= 0.3 is 0 Å².